The zero-order valence-corrected chi connectivity index (χ0v) is 20.0. The molecule has 1 aromatic carbocycles. The average Bonchev–Trinajstić information content (AvgIpc) is 3.03. The van der Waals surface area contributed by atoms with Gasteiger partial charge < -0.3 is 20.3 Å². The standard InChI is InChI=1S/C19H29FN4O2S.HI/c1-19(2,3)26-18(25)23-15-9-11-24(13-15)17(21-4)22-10-12-27-16-7-5-14(20)6-8-16;/h5-8,15H,9-13H2,1-4H3,(H,21,22)(H,23,25);1H. The highest BCUT2D eigenvalue weighted by atomic mass is 127. The molecule has 0 aromatic heterocycles. The molecule has 28 heavy (non-hydrogen) atoms. The number of halogens is 2. The number of nitrogens with zero attached hydrogens (tertiary/aromatic N) is 2. The predicted octanol–water partition coefficient (Wildman–Crippen LogP) is 3.71. The molecule has 1 atom stereocenters. The molecular formula is C19H30FIN4O2S. The number of aliphatic imine (C=N–C) groups is 1. The lowest BCUT2D eigenvalue weighted by Gasteiger charge is -2.23. The lowest BCUT2D eigenvalue weighted by Crippen LogP contribution is -2.44. The molecule has 2 N–H and O–H groups in total. The molecule has 1 amide bonds. The van der Waals surface area contributed by atoms with Crippen LogP contribution in [-0.4, -0.2) is 61.0 Å². The van der Waals surface area contributed by atoms with E-state index in [2.05, 4.69) is 20.5 Å². The fraction of sp³-hybridized carbons (Fsp3) is 0.579. The van der Waals surface area contributed by atoms with E-state index in [9.17, 15) is 9.18 Å². The van der Waals surface area contributed by atoms with Gasteiger partial charge >= 0.3 is 6.09 Å². The first-order valence-electron chi connectivity index (χ1n) is 9.10. The van der Waals surface area contributed by atoms with E-state index in [1.165, 1.54) is 12.1 Å². The van der Waals surface area contributed by atoms with Gasteiger partial charge in [-0.25, -0.2) is 9.18 Å². The molecule has 0 radical (unpaired) electrons. The van der Waals surface area contributed by atoms with Crippen LogP contribution in [0, 0.1) is 5.82 Å². The first kappa shape index (κ1) is 24.8. The summed E-state index contributed by atoms with van der Waals surface area (Å²) in [5, 5.41) is 6.26. The molecule has 9 heteroatoms. The highest BCUT2D eigenvalue weighted by Gasteiger charge is 2.27. The van der Waals surface area contributed by atoms with E-state index in [0.29, 0.717) is 6.54 Å². The summed E-state index contributed by atoms with van der Waals surface area (Å²) in [4.78, 5) is 19.4. The third kappa shape index (κ3) is 8.85. The van der Waals surface area contributed by atoms with Crippen molar-refractivity contribution in [2.24, 2.45) is 4.99 Å². The van der Waals surface area contributed by atoms with Gasteiger partial charge in [-0.05, 0) is 51.5 Å². The van der Waals surface area contributed by atoms with Crippen LogP contribution in [0.25, 0.3) is 0 Å². The van der Waals surface area contributed by atoms with Crippen molar-refractivity contribution in [3.8, 4) is 0 Å². The minimum Gasteiger partial charge on any atom is -0.444 e. The van der Waals surface area contributed by atoms with Crippen LogP contribution in [0.5, 0.6) is 0 Å². The van der Waals surface area contributed by atoms with Crippen molar-refractivity contribution >= 4 is 47.8 Å². The van der Waals surface area contributed by atoms with Gasteiger partial charge in [0.25, 0.3) is 0 Å². The number of alkyl carbamates (subject to hydrolysis) is 1. The Labute approximate surface area is 188 Å². The number of benzene rings is 1. The molecule has 1 saturated heterocycles. The normalized spacial score (nSPS) is 17.1. The summed E-state index contributed by atoms with van der Waals surface area (Å²) >= 11 is 1.66. The van der Waals surface area contributed by atoms with Gasteiger partial charge in [-0.15, -0.1) is 35.7 Å². The second kappa shape index (κ2) is 11.7. The van der Waals surface area contributed by atoms with E-state index in [4.69, 9.17) is 4.74 Å². The fourth-order valence-electron chi connectivity index (χ4n) is 2.74. The number of hydrogen-bond donors (Lipinski definition) is 2. The van der Waals surface area contributed by atoms with Gasteiger partial charge in [0.15, 0.2) is 5.96 Å². The van der Waals surface area contributed by atoms with Crippen LogP contribution in [0.1, 0.15) is 27.2 Å². The largest absolute Gasteiger partial charge is 0.444 e. The van der Waals surface area contributed by atoms with Crippen LogP contribution in [0.4, 0.5) is 9.18 Å². The Morgan fingerprint density at radius 1 is 1.36 bits per heavy atom. The number of amides is 1. The zero-order chi connectivity index (χ0) is 19.9. The van der Waals surface area contributed by atoms with Crippen LogP contribution >= 0.6 is 35.7 Å². The Morgan fingerprint density at radius 3 is 2.64 bits per heavy atom. The molecule has 2 rings (SSSR count). The average molecular weight is 524 g/mol. The van der Waals surface area contributed by atoms with E-state index >= 15 is 0 Å². The molecule has 1 heterocycles. The highest BCUT2D eigenvalue weighted by molar-refractivity contribution is 14.0. The number of hydrogen-bond acceptors (Lipinski definition) is 4. The molecule has 158 valence electrons. The number of rotatable bonds is 5. The van der Waals surface area contributed by atoms with Gasteiger partial charge in [0.2, 0.25) is 0 Å². The number of carbonyl (C=O) groups is 1. The maximum Gasteiger partial charge on any atom is 0.407 e. The monoisotopic (exact) mass is 524 g/mol. The molecule has 1 aliphatic rings. The Hall–Kier alpha value is -1.23. The van der Waals surface area contributed by atoms with Crippen molar-refractivity contribution < 1.29 is 13.9 Å². The Bertz CT molecular complexity index is 652. The van der Waals surface area contributed by atoms with E-state index in [1.54, 1.807) is 30.9 Å². The van der Waals surface area contributed by atoms with Crippen LogP contribution in [0.3, 0.4) is 0 Å². The lowest BCUT2D eigenvalue weighted by atomic mass is 10.2. The third-order valence-electron chi connectivity index (χ3n) is 3.89. The highest BCUT2D eigenvalue weighted by Crippen LogP contribution is 2.17. The first-order valence-corrected chi connectivity index (χ1v) is 10.1. The lowest BCUT2D eigenvalue weighted by molar-refractivity contribution is 0.0507. The van der Waals surface area contributed by atoms with E-state index in [-0.39, 0.29) is 41.9 Å². The van der Waals surface area contributed by atoms with Crippen molar-refractivity contribution in [1.82, 2.24) is 15.5 Å². The number of nitrogens with one attached hydrogen (secondary N) is 2. The molecular weight excluding hydrogens is 494 g/mol. The van der Waals surface area contributed by atoms with Crippen molar-refractivity contribution in [1.29, 1.82) is 0 Å². The minimum absolute atomic E-state index is 0. The fourth-order valence-corrected chi connectivity index (χ4v) is 3.51. The van der Waals surface area contributed by atoms with E-state index in [1.807, 2.05) is 20.8 Å². The van der Waals surface area contributed by atoms with E-state index < -0.39 is 5.60 Å². The number of carbonyl (C=O) groups excluding carboxylic acids is 1. The number of likely N-dealkylation sites (tertiary alicyclic amines) is 1. The van der Waals surface area contributed by atoms with Gasteiger partial charge in [-0.2, -0.15) is 0 Å². The molecule has 1 aromatic rings. The summed E-state index contributed by atoms with van der Waals surface area (Å²) < 4.78 is 18.2. The number of ether oxygens (including phenoxy) is 1. The maximum absolute atomic E-state index is 12.9. The smallest absolute Gasteiger partial charge is 0.407 e. The van der Waals surface area contributed by atoms with Gasteiger partial charge in [0, 0.05) is 37.3 Å². The molecule has 0 bridgehead atoms. The summed E-state index contributed by atoms with van der Waals surface area (Å²) in [5.74, 6) is 1.45. The van der Waals surface area contributed by atoms with Crippen LogP contribution in [0.15, 0.2) is 34.2 Å². The SMILES string of the molecule is CN=C(NCCSc1ccc(F)cc1)N1CCC(NC(=O)OC(C)(C)C)C1.I. The second-order valence-corrected chi connectivity index (χ2v) is 8.52. The van der Waals surface area contributed by atoms with Crippen LogP contribution in [0.2, 0.25) is 0 Å². The maximum atomic E-state index is 12.9. The zero-order valence-electron chi connectivity index (χ0n) is 16.8. The third-order valence-corrected chi connectivity index (χ3v) is 4.90. The Morgan fingerprint density at radius 2 is 2.04 bits per heavy atom. The van der Waals surface area contributed by atoms with E-state index in [0.717, 1.165) is 36.1 Å². The topological polar surface area (TPSA) is 66.0 Å². The summed E-state index contributed by atoms with van der Waals surface area (Å²) in [7, 11) is 1.75. The van der Waals surface area contributed by atoms with Gasteiger partial charge in [-0.1, -0.05) is 0 Å². The number of guanidine groups is 1. The summed E-state index contributed by atoms with van der Waals surface area (Å²) in [6.07, 6.45) is 0.470. The molecule has 0 saturated carbocycles. The summed E-state index contributed by atoms with van der Waals surface area (Å²) in [6, 6.07) is 6.55. The van der Waals surface area contributed by atoms with Crippen molar-refractivity contribution in [3.05, 3.63) is 30.1 Å². The van der Waals surface area contributed by atoms with Crippen molar-refractivity contribution in [2.45, 2.75) is 43.7 Å². The Kier molecular flexibility index (Phi) is 10.4. The molecule has 0 spiro atoms. The number of thioether (sulfide) groups is 1. The molecule has 6 nitrogen and oxygen atoms in total. The molecule has 1 aliphatic heterocycles. The summed E-state index contributed by atoms with van der Waals surface area (Å²) in [5.41, 5.74) is -0.498. The summed E-state index contributed by atoms with van der Waals surface area (Å²) in [6.45, 7) is 7.82. The minimum atomic E-state index is -0.498. The second-order valence-electron chi connectivity index (χ2n) is 7.35. The van der Waals surface area contributed by atoms with Gasteiger partial charge in [0.1, 0.15) is 11.4 Å². The van der Waals surface area contributed by atoms with Gasteiger partial charge in [0.05, 0.1) is 6.04 Å². The quantitative estimate of drug-likeness (QED) is 0.202. The predicted molar refractivity (Wildman–Crippen MR) is 123 cm³/mol. The van der Waals surface area contributed by atoms with Gasteiger partial charge in [-0.3, -0.25) is 4.99 Å². The molecule has 1 unspecified atom stereocenters. The first-order chi connectivity index (χ1) is 12.8. The van der Waals surface area contributed by atoms with Crippen LogP contribution in [-0.2, 0) is 4.74 Å². The molecule has 0 aliphatic carbocycles. The molecule has 1 fully saturated rings. The Balaban J connectivity index is 0.00000392. The van der Waals surface area contributed by atoms with Crippen molar-refractivity contribution in [3.63, 3.8) is 0 Å². The van der Waals surface area contributed by atoms with Crippen molar-refractivity contribution in [2.75, 3.05) is 32.4 Å². The van der Waals surface area contributed by atoms with Crippen LogP contribution < -0.4 is 10.6 Å².